The van der Waals surface area contributed by atoms with E-state index in [0.717, 1.165) is 32.2 Å². The Labute approximate surface area is 119 Å². The van der Waals surface area contributed by atoms with Crippen LogP contribution in [0.4, 0.5) is 0 Å². The topological polar surface area (TPSA) is 24.5 Å². The van der Waals surface area contributed by atoms with E-state index >= 15 is 0 Å². The van der Waals surface area contributed by atoms with E-state index in [2.05, 4.69) is 37.9 Å². The fourth-order valence-electron chi connectivity index (χ4n) is 3.46. The van der Waals surface area contributed by atoms with Crippen LogP contribution in [0.25, 0.3) is 0 Å². The maximum absolute atomic E-state index is 5.73. The van der Waals surface area contributed by atoms with Crippen molar-refractivity contribution in [2.45, 2.75) is 52.5 Å². The molecule has 0 aromatic carbocycles. The molecule has 112 valence electrons. The van der Waals surface area contributed by atoms with Gasteiger partial charge < -0.3 is 10.1 Å². The summed E-state index contributed by atoms with van der Waals surface area (Å²) in [6.07, 6.45) is 3.90. The maximum atomic E-state index is 5.73. The summed E-state index contributed by atoms with van der Waals surface area (Å²) in [6.45, 7) is 15.9. The van der Waals surface area contributed by atoms with Gasteiger partial charge in [-0.15, -0.1) is 0 Å². The highest BCUT2D eigenvalue weighted by Gasteiger charge is 2.41. The summed E-state index contributed by atoms with van der Waals surface area (Å²) in [5.41, 5.74) is 0.726. The van der Waals surface area contributed by atoms with Gasteiger partial charge in [-0.1, -0.05) is 13.8 Å². The summed E-state index contributed by atoms with van der Waals surface area (Å²) in [5, 5.41) is 3.66. The quantitative estimate of drug-likeness (QED) is 0.801. The smallest absolute Gasteiger partial charge is 0.0547 e. The molecule has 0 aromatic heterocycles. The Kier molecular flexibility index (Phi) is 4.91. The van der Waals surface area contributed by atoms with Crippen molar-refractivity contribution in [2.24, 2.45) is 11.3 Å². The minimum atomic E-state index is 0.344. The Morgan fingerprint density at radius 2 is 2.05 bits per heavy atom. The number of rotatable bonds is 6. The lowest BCUT2D eigenvalue weighted by Gasteiger charge is -2.39. The first kappa shape index (κ1) is 15.3. The van der Waals surface area contributed by atoms with Gasteiger partial charge in [-0.25, -0.2) is 0 Å². The molecule has 2 fully saturated rings. The van der Waals surface area contributed by atoms with Crippen molar-refractivity contribution >= 4 is 0 Å². The lowest BCUT2D eigenvalue weighted by atomic mass is 9.85. The predicted molar refractivity (Wildman–Crippen MR) is 80.5 cm³/mol. The first-order valence-electron chi connectivity index (χ1n) is 7.97. The molecule has 2 heterocycles. The number of likely N-dealkylation sites (tertiary alicyclic amines) is 1. The molecule has 2 aliphatic rings. The van der Waals surface area contributed by atoms with Crippen LogP contribution < -0.4 is 5.32 Å². The summed E-state index contributed by atoms with van der Waals surface area (Å²) in [7, 11) is 0. The van der Waals surface area contributed by atoms with Crippen LogP contribution in [0, 0.1) is 11.3 Å². The van der Waals surface area contributed by atoms with Crippen LogP contribution in [0.2, 0.25) is 0 Å². The number of hydrogen-bond donors (Lipinski definition) is 1. The molecule has 0 radical (unpaired) electrons. The van der Waals surface area contributed by atoms with Gasteiger partial charge >= 0.3 is 0 Å². The van der Waals surface area contributed by atoms with Gasteiger partial charge in [0.2, 0.25) is 0 Å². The SMILES string of the molecule is CC(C)CNCC1(CN2CCCC2(C)C)CCOC1. The van der Waals surface area contributed by atoms with E-state index in [1.807, 2.05) is 0 Å². The molecule has 0 amide bonds. The second kappa shape index (κ2) is 6.11. The molecule has 1 unspecified atom stereocenters. The standard InChI is InChI=1S/C16H32N2O/c1-14(2)10-17-11-16(7-9-19-13-16)12-18-8-5-6-15(18,3)4/h14,17H,5-13H2,1-4H3. The minimum absolute atomic E-state index is 0.344. The second-order valence-electron chi connectivity index (χ2n) is 7.66. The molecule has 0 saturated carbocycles. The largest absolute Gasteiger partial charge is 0.381 e. The normalized spacial score (nSPS) is 31.4. The Bertz CT molecular complexity index is 282. The summed E-state index contributed by atoms with van der Waals surface area (Å²) in [6, 6.07) is 0. The third kappa shape index (κ3) is 3.93. The average Bonchev–Trinajstić information content (AvgIpc) is 2.88. The summed E-state index contributed by atoms with van der Waals surface area (Å²) in [4.78, 5) is 2.69. The van der Waals surface area contributed by atoms with Gasteiger partial charge in [0.05, 0.1) is 6.61 Å². The van der Waals surface area contributed by atoms with Gasteiger partial charge in [0.15, 0.2) is 0 Å². The molecule has 3 heteroatoms. The molecule has 2 aliphatic heterocycles. The molecular formula is C16H32N2O. The van der Waals surface area contributed by atoms with E-state index in [4.69, 9.17) is 4.74 Å². The lowest BCUT2D eigenvalue weighted by molar-refractivity contribution is 0.0758. The van der Waals surface area contributed by atoms with Crippen molar-refractivity contribution in [2.75, 3.05) is 39.4 Å². The third-order valence-electron chi connectivity index (χ3n) is 4.84. The van der Waals surface area contributed by atoms with Crippen molar-refractivity contribution in [3.05, 3.63) is 0 Å². The van der Waals surface area contributed by atoms with Crippen LogP contribution in [-0.2, 0) is 4.74 Å². The van der Waals surface area contributed by atoms with Gasteiger partial charge in [-0.2, -0.15) is 0 Å². The van der Waals surface area contributed by atoms with Gasteiger partial charge in [0.1, 0.15) is 0 Å². The molecular weight excluding hydrogens is 236 g/mol. The molecule has 0 aromatic rings. The fraction of sp³-hybridized carbons (Fsp3) is 1.00. The number of nitrogens with zero attached hydrogens (tertiary/aromatic N) is 1. The summed E-state index contributed by atoms with van der Waals surface area (Å²) < 4.78 is 5.73. The van der Waals surface area contributed by atoms with Crippen LogP contribution in [-0.4, -0.2) is 49.8 Å². The maximum Gasteiger partial charge on any atom is 0.0547 e. The molecule has 0 spiro atoms. The molecule has 19 heavy (non-hydrogen) atoms. The summed E-state index contributed by atoms with van der Waals surface area (Å²) in [5.74, 6) is 0.725. The summed E-state index contributed by atoms with van der Waals surface area (Å²) >= 11 is 0. The molecule has 1 N–H and O–H groups in total. The Morgan fingerprint density at radius 3 is 2.58 bits per heavy atom. The first-order chi connectivity index (χ1) is 8.94. The highest BCUT2D eigenvalue weighted by molar-refractivity contribution is 4.95. The molecule has 2 saturated heterocycles. The van der Waals surface area contributed by atoms with E-state index < -0.39 is 0 Å². The lowest BCUT2D eigenvalue weighted by Crippen LogP contribution is -2.49. The number of hydrogen-bond acceptors (Lipinski definition) is 3. The Hall–Kier alpha value is -0.120. The van der Waals surface area contributed by atoms with Crippen LogP contribution in [0.15, 0.2) is 0 Å². The van der Waals surface area contributed by atoms with Gasteiger partial charge in [-0.05, 0) is 52.1 Å². The van der Waals surface area contributed by atoms with Crippen molar-refractivity contribution < 1.29 is 4.74 Å². The Morgan fingerprint density at radius 1 is 1.26 bits per heavy atom. The van der Waals surface area contributed by atoms with Crippen LogP contribution in [0.5, 0.6) is 0 Å². The highest BCUT2D eigenvalue weighted by atomic mass is 16.5. The van der Waals surface area contributed by atoms with Crippen molar-refractivity contribution in [3.8, 4) is 0 Å². The third-order valence-corrected chi connectivity index (χ3v) is 4.84. The highest BCUT2D eigenvalue weighted by Crippen LogP contribution is 2.35. The molecule has 3 nitrogen and oxygen atoms in total. The van der Waals surface area contributed by atoms with E-state index in [9.17, 15) is 0 Å². The van der Waals surface area contributed by atoms with E-state index in [-0.39, 0.29) is 0 Å². The molecule has 1 atom stereocenters. The zero-order chi connectivity index (χ0) is 13.9. The van der Waals surface area contributed by atoms with Crippen LogP contribution >= 0.6 is 0 Å². The number of ether oxygens (including phenoxy) is 1. The molecule has 0 aliphatic carbocycles. The first-order valence-corrected chi connectivity index (χ1v) is 7.97. The van der Waals surface area contributed by atoms with Crippen LogP contribution in [0.3, 0.4) is 0 Å². The monoisotopic (exact) mass is 268 g/mol. The van der Waals surface area contributed by atoms with E-state index in [1.54, 1.807) is 0 Å². The average molecular weight is 268 g/mol. The van der Waals surface area contributed by atoms with Gasteiger partial charge in [0.25, 0.3) is 0 Å². The molecule has 0 bridgehead atoms. The van der Waals surface area contributed by atoms with Crippen molar-refractivity contribution in [3.63, 3.8) is 0 Å². The van der Waals surface area contributed by atoms with E-state index in [1.165, 1.54) is 32.4 Å². The van der Waals surface area contributed by atoms with Crippen molar-refractivity contribution in [1.82, 2.24) is 10.2 Å². The van der Waals surface area contributed by atoms with Gasteiger partial charge in [0, 0.05) is 30.7 Å². The molecule has 2 rings (SSSR count). The predicted octanol–water partition coefficient (Wildman–Crippen LogP) is 2.51. The van der Waals surface area contributed by atoms with E-state index in [0.29, 0.717) is 11.0 Å². The number of nitrogens with one attached hydrogen (secondary N) is 1. The Balaban J connectivity index is 1.91. The van der Waals surface area contributed by atoms with Gasteiger partial charge in [-0.3, -0.25) is 4.90 Å². The fourth-order valence-corrected chi connectivity index (χ4v) is 3.46. The van der Waals surface area contributed by atoms with Crippen LogP contribution in [0.1, 0.15) is 47.0 Å². The van der Waals surface area contributed by atoms with Crippen molar-refractivity contribution in [1.29, 1.82) is 0 Å². The minimum Gasteiger partial charge on any atom is -0.381 e. The zero-order valence-corrected chi connectivity index (χ0v) is 13.3. The zero-order valence-electron chi connectivity index (χ0n) is 13.3. The second-order valence-corrected chi connectivity index (χ2v) is 7.66.